The van der Waals surface area contributed by atoms with Crippen molar-refractivity contribution in [3.05, 3.63) is 48.3 Å². The molecule has 5 rings (SSSR count). The maximum Gasteiger partial charge on any atom is 0.230 e. The Morgan fingerprint density at radius 1 is 0.889 bits per heavy atom. The van der Waals surface area contributed by atoms with Crippen molar-refractivity contribution in [1.29, 1.82) is 0 Å². The highest BCUT2D eigenvalue weighted by Crippen LogP contribution is 2.39. The number of hydrogen-bond donors (Lipinski definition) is 0. The summed E-state index contributed by atoms with van der Waals surface area (Å²) in [5.41, 5.74) is 1.63. The molecule has 0 spiro atoms. The van der Waals surface area contributed by atoms with Crippen LogP contribution in [0.1, 0.15) is 30.5 Å². The van der Waals surface area contributed by atoms with E-state index >= 15 is 0 Å². The van der Waals surface area contributed by atoms with Gasteiger partial charge in [-0.05, 0) is 37.1 Å². The summed E-state index contributed by atoms with van der Waals surface area (Å²) in [6.07, 6.45) is 4.13. The molecule has 1 saturated heterocycles. The number of aromatic nitrogens is 5. The van der Waals surface area contributed by atoms with Gasteiger partial charge in [-0.2, -0.15) is 0 Å². The molecule has 0 amide bonds. The largest absolute Gasteiger partial charge is 0.424 e. The van der Waals surface area contributed by atoms with E-state index in [-0.39, 0.29) is 0 Å². The molecule has 0 unspecified atom stereocenters. The summed E-state index contributed by atoms with van der Waals surface area (Å²) in [5, 5.41) is 17.1. The Hall–Kier alpha value is -2.87. The summed E-state index contributed by atoms with van der Waals surface area (Å²) < 4.78 is 5.77. The molecule has 2 fully saturated rings. The number of nitrogens with zero attached hydrogens (tertiary/aromatic N) is 7. The zero-order valence-corrected chi connectivity index (χ0v) is 15.0. The molecule has 0 bridgehead atoms. The van der Waals surface area contributed by atoms with Crippen LogP contribution in [-0.4, -0.2) is 56.5 Å². The third kappa shape index (κ3) is 3.66. The van der Waals surface area contributed by atoms with E-state index in [1.54, 1.807) is 6.20 Å². The number of rotatable bonds is 5. The van der Waals surface area contributed by atoms with E-state index in [1.165, 1.54) is 12.8 Å². The van der Waals surface area contributed by atoms with Crippen LogP contribution in [0, 0.1) is 0 Å². The average molecular weight is 363 g/mol. The number of hydrogen-bond acceptors (Lipinski definition) is 8. The van der Waals surface area contributed by atoms with Crippen molar-refractivity contribution in [2.24, 2.45) is 0 Å². The standard InChI is InChI=1S/C19H21N7O/c1-2-8-20-15(3-1)16-6-7-17(22-21-16)26-11-9-25(10-12-26)13-18-23-24-19(27-18)14-4-5-14/h1-3,6-8,14H,4-5,9-13H2. The Kier molecular flexibility index (Phi) is 4.25. The molecule has 27 heavy (non-hydrogen) atoms. The molecule has 0 N–H and O–H groups in total. The molecular weight excluding hydrogens is 342 g/mol. The molecule has 0 aromatic carbocycles. The van der Waals surface area contributed by atoms with Crippen LogP contribution < -0.4 is 4.90 Å². The molecule has 3 aromatic heterocycles. The van der Waals surface area contributed by atoms with E-state index in [0.717, 1.165) is 61.7 Å². The minimum atomic E-state index is 0.510. The lowest BCUT2D eigenvalue weighted by Crippen LogP contribution is -2.46. The average Bonchev–Trinajstić information content (AvgIpc) is 3.49. The number of pyridine rings is 1. The highest BCUT2D eigenvalue weighted by molar-refractivity contribution is 5.54. The van der Waals surface area contributed by atoms with Crippen LogP contribution in [0.25, 0.3) is 11.4 Å². The molecule has 8 nitrogen and oxygen atoms in total. The van der Waals surface area contributed by atoms with Gasteiger partial charge in [0.25, 0.3) is 0 Å². The minimum absolute atomic E-state index is 0.510. The lowest BCUT2D eigenvalue weighted by atomic mass is 10.2. The van der Waals surface area contributed by atoms with Crippen LogP contribution in [0.2, 0.25) is 0 Å². The Balaban J connectivity index is 1.17. The Morgan fingerprint density at radius 2 is 1.78 bits per heavy atom. The normalized spacial score (nSPS) is 18.0. The van der Waals surface area contributed by atoms with E-state index in [4.69, 9.17) is 4.42 Å². The first-order valence-electron chi connectivity index (χ1n) is 9.40. The van der Waals surface area contributed by atoms with Crippen LogP contribution in [0.15, 0.2) is 40.9 Å². The van der Waals surface area contributed by atoms with Crippen molar-refractivity contribution in [2.75, 3.05) is 31.1 Å². The van der Waals surface area contributed by atoms with Crippen LogP contribution in [0.3, 0.4) is 0 Å². The van der Waals surface area contributed by atoms with Gasteiger partial charge in [0, 0.05) is 38.3 Å². The van der Waals surface area contributed by atoms with Crippen LogP contribution in [0.5, 0.6) is 0 Å². The second-order valence-corrected chi connectivity index (χ2v) is 7.06. The Morgan fingerprint density at radius 3 is 2.48 bits per heavy atom. The van der Waals surface area contributed by atoms with E-state index in [0.29, 0.717) is 5.92 Å². The van der Waals surface area contributed by atoms with Gasteiger partial charge < -0.3 is 9.32 Å². The Bertz CT molecular complexity index is 884. The van der Waals surface area contributed by atoms with E-state index in [2.05, 4.69) is 35.2 Å². The van der Waals surface area contributed by atoms with Crippen molar-refractivity contribution >= 4 is 5.82 Å². The van der Waals surface area contributed by atoms with Crippen LogP contribution >= 0.6 is 0 Å². The smallest absolute Gasteiger partial charge is 0.230 e. The number of anilines is 1. The first-order chi connectivity index (χ1) is 13.3. The fourth-order valence-electron chi connectivity index (χ4n) is 3.30. The van der Waals surface area contributed by atoms with Crippen LogP contribution in [0.4, 0.5) is 5.82 Å². The predicted octanol–water partition coefficient (Wildman–Crippen LogP) is 2.12. The summed E-state index contributed by atoms with van der Waals surface area (Å²) in [5.74, 6) is 2.95. The molecule has 8 heteroatoms. The van der Waals surface area contributed by atoms with Crippen molar-refractivity contribution in [3.8, 4) is 11.4 Å². The fourth-order valence-corrected chi connectivity index (χ4v) is 3.30. The molecule has 1 aliphatic heterocycles. The second-order valence-electron chi connectivity index (χ2n) is 7.06. The summed E-state index contributed by atoms with van der Waals surface area (Å²) in [4.78, 5) is 8.92. The lowest BCUT2D eigenvalue weighted by molar-refractivity contribution is 0.223. The maximum absolute atomic E-state index is 5.77. The topological polar surface area (TPSA) is 84.1 Å². The summed E-state index contributed by atoms with van der Waals surface area (Å²) in [6, 6.07) is 9.79. The van der Waals surface area contributed by atoms with E-state index in [1.807, 2.05) is 30.3 Å². The molecule has 138 valence electrons. The summed E-state index contributed by atoms with van der Waals surface area (Å²) in [7, 11) is 0. The van der Waals surface area contributed by atoms with Gasteiger partial charge in [-0.1, -0.05) is 6.07 Å². The summed E-state index contributed by atoms with van der Waals surface area (Å²) in [6.45, 7) is 4.40. The van der Waals surface area contributed by atoms with Gasteiger partial charge in [-0.25, -0.2) is 0 Å². The van der Waals surface area contributed by atoms with Crippen molar-refractivity contribution in [1.82, 2.24) is 30.3 Å². The zero-order chi connectivity index (χ0) is 18.1. The fraction of sp³-hybridized carbons (Fsp3) is 0.421. The lowest BCUT2D eigenvalue weighted by Gasteiger charge is -2.34. The molecular formula is C19H21N7O. The molecule has 2 aliphatic rings. The van der Waals surface area contributed by atoms with E-state index in [9.17, 15) is 0 Å². The van der Waals surface area contributed by atoms with E-state index < -0.39 is 0 Å². The zero-order valence-electron chi connectivity index (χ0n) is 15.0. The Labute approximate surface area is 157 Å². The second kappa shape index (κ2) is 7.03. The van der Waals surface area contributed by atoms with Gasteiger partial charge in [-0.15, -0.1) is 20.4 Å². The SMILES string of the molecule is c1ccc(-c2ccc(N3CCN(Cc4nnc(C5CC5)o4)CC3)nn2)nc1. The molecule has 0 atom stereocenters. The van der Waals surface area contributed by atoms with Gasteiger partial charge in [0.2, 0.25) is 11.8 Å². The number of piperazine rings is 1. The monoisotopic (exact) mass is 363 g/mol. The minimum Gasteiger partial charge on any atom is -0.424 e. The van der Waals surface area contributed by atoms with Crippen LogP contribution in [-0.2, 0) is 6.54 Å². The first-order valence-corrected chi connectivity index (χ1v) is 9.40. The van der Waals surface area contributed by atoms with Crippen molar-refractivity contribution in [2.45, 2.75) is 25.3 Å². The highest BCUT2D eigenvalue weighted by atomic mass is 16.4. The van der Waals surface area contributed by atoms with Gasteiger partial charge in [-0.3, -0.25) is 9.88 Å². The van der Waals surface area contributed by atoms with Gasteiger partial charge in [0.15, 0.2) is 5.82 Å². The first kappa shape index (κ1) is 16.3. The summed E-state index contributed by atoms with van der Waals surface area (Å²) >= 11 is 0. The molecule has 4 heterocycles. The highest BCUT2D eigenvalue weighted by Gasteiger charge is 2.29. The molecule has 1 aliphatic carbocycles. The third-order valence-electron chi connectivity index (χ3n) is 5.04. The van der Waals surface area contributed by atoms with Gasteiger partial charge >= 0.3 is 0 Å². The molecule has 0 radical (unpaired) electrons. The van der Waals surface area contributed by atoms with Crippen molar-refractivity contribution in [3.63, 3.8) is 0 Å². The quantitative estimate of drug-likeness (QED) is 0.682. The third-order valence-corrected chi connectivity index (χ3v) is 5.04. The van der Waals surface area contributed by atoms with Gasteiger partial charge in [0.05, 0.1) is 12.2 Å². The van der Waals surface area contributed by atoms with Gasteiger partial charge in [0.1, 0.15) is 5.69 Å². The molecule has 1 saturated carbocycles. The predicted molar refractivity (Wildman–Crippen MR) is 99.0 cm³/mol. The molecule has 3 aromatic rings. The van der Waals surface area contributed by atoms with Crippen molar-refractivity contribution < 1.29 is 4.42 Å². The maximum atomic E-state index is 5.77.